The molecular formula is C16H26N2O2. The highest BCUT2D eigenvalue weighted by molar-refractivity contribution is 5.42. The summed E-state index contributed by atoms with van der Waals surface area (Å²) in [5, 5.41) is 3.42. The lowest BCUT2D eigenvalue weighted by Gasteiger charge is -2.27. The van der Waals surface area contributed by atoms with Crippen molar-refractivity contribution in [2.24, 2.45) is 5.92 Å². The molecule has 0 unspecified atom stereocenters. The first-order chi connectivity index (χ1) is 9.72. The Kier molecular flexibility index (Phi) is 5.68. The fraction of sp³-hybridized carbons (Fsp3) is 0.625. The second-order valence-corrected chi connectivity index (χ2v) is 5.58. The van der Waals surface area contributed by atoms with Gasteiger partial charge in [-0.25, -0.2) is 0 Å². The summed E-state index contributed by atoms with van der Waals surface area (Å²) in [5.74, 6) is 2.42. The highest BCUT2D eigenvalue weighted by atomic mass is 16.5. The highest BCUT2D eigenvalue weighted by Gasteiger charge is 2.15. The van der Waals surface area contributed by atoms with E-state index < -0.39 is 0 Å². The second-order valence-electron chi connectivity index (χ2n) is 5.58. The summed E-state index contributed by atoms with van der Waals surface area (Å²) in [6.07, 6.45) is 2.58. The van der Waals surface area contributed by atoms with Gasteiger partial charge in [-0.2, -0.15) is 0 Å². The van der Waals surface area contributed by atoms with Crippen LogP contribution in [-0.2, 0) is 6.54 Å². The molecule has 1 N–H and O–H groups in total. The van der Waals surface area contributed by atoms with Gasteiger partial charge in [0.15, 0.2) is 11.5 Å². The van der Waals surface area contributed by atoms with Crippen molar-refractivity contribution in [3.63, 3.8) is 0 Å². The molecule has 0 aliphatic carbocycles. The lowest BCUT2D eigenvalue weighted by Crippen LogP contribution is -2.34. The van der Waals surface area contributed by atoms with Crippen LogP contribution in [0.2, 0.25) is 0 Å². The van der Waals surface area contributed by atoms with Crippen LogP contribution in [0.15, 0.2) is 18.2 Å². The summed E-state index contributed by atoms with van der Waals surface area (Å²) >= 11 is 0. The zero-order chi connectivity index (χ0) is 14.4. The molecule has 0 radical (unpaired) electrons. The van der Waals surface area contributed by atoms with E-state index >= 15 is 0 Å². The van der Waals surface area contributed by atoms with Gasteiger partial charge in [-0.1, -0.05) is 6.07 Å². The van der Waals surface area contributed by atoms with Gasteiger partial charge >= 0.3 is 0 Å². The first-order valence-electron chi connectivity index (χ1n) is 7.33. The molecule has 1 fully saturated rings. The molecule has 1 aromatic rings. The molecular weight excluding hydrogens is 252 g/mol. The van der Waals surface area contributed by atoms with Gasteiger partial charge < -0.3 is 19.7 Å². The van der Waals surface area contributed by atoms with Gasteiger partial charge in [0.25, 0.3) is 0 Å². The molecule has 1 heterocycles. The van der Waals surface area contributed by atoms with Crippen molar-refractivity contribution < 1.29 is 9.47 Å². The van der Waals surface area contributed by atoms with Crippen LogP contribution in [0.1, 0.15) is 18.4 Å². The molecule has 2 rings (SSSR count). The maximum absolute atomic E-state index is 5.36. The molecule has 1 aromatic carbocycles. The highest BCUT2D eigenvalue weighted by Crippen LogP contribution is 2.28. The Labute approximate surface area is 122 Å². The average molecular weight is 278 g/mol. The number of benzene rings is 1. The van der Waals surface area contributed by atoms with Gasteiger partial charge in [0.2, 0.25) is 0 Å². The van der Waals surface area contributed by atoms with E-state index in [-0.39, 0.29) is 0 Å². The zero-order valence-corrected chi connectivity index (χ0v) is 12.8. The fourth-order valence-electron chi connectivity index (χ4n) is 2.86. The average Bonchev–Trinajstić information content (AvgIpc) is 2.48. The number of nitrogens with one attached hydrogen (secondary N) is 1. The first-order valence-corrected chi connectivity index (χ1v) is 7.33. The van der Waals surface area contributed by atoms with E-state index in [4.69, 9.17) is 9.47 Å². The summed E-state index contributed by atoms with van der Waals surface area (Å²) in [4.78, 5) is 2.40. The Morgan fingerprint density at radius 1 is 1.15 bits per heavy atom. The first kappa shape index (κ1) is 15.1. The van der Waals surface area contributed by atoms with Crippen LogP contribution < -0.4 is 14.8 Å². The number of rotatable bonds is 6. The van der Waals surface area contributed by atoms with Crippen LogP contribution in [0.25, 0.3) is 0 Å². The van der Waals surface area contributed by atoms with Gasteiger partial charge in [0.1, 0.15) is 0 Å². The molecule has 0 amide bonds. The van der Waals surface area contributed by atoms with E-state index in [1.807, 2.05) is 6.07 Å². The van der Waals surface area contributed by atoms with E-state index in [9.17, 15) is 0 Å². The third-order valence-electron chi connectivity index (χ3n) is 3.93. The molecule has 4 heteroatoms. The number of hydrogen-bond acceptors (Lipinski definition) is 4. The summed E-state index contributed by atoms with van der Waals surface area (Å²) in [7, 11) is 5.54. The van der Waals surface area contributed by atoms with Crippen molar-refractivity contribution in [2.75, 3.05) is 40.9 Å². The Balaban J connectivity index is 1.91. The van der Waals surface area contributed by atoms with Crippen molar-refractivity contribution in [2.45, 2.75) is 19.4 Å². The van der Waals surface area contributed by atoms with E-state index in [0.717, 1.165) is 43.6 Å². The third kappa shape index (κ3) is 4.12. The topological polar surface area (TPSA) is 33.7 Å². The predicted molar refractivity (Wildman–Crippen MR) is 81.5 cm³/mol. The minimum atomic E-state index is 0.789. The second kappa shape index (κ2) is 7.50. The van der Waals surface area contributed by atoms with Crippen LogP contribution in [0.3, 0.4) is 0 Å². The Morgan fingerprint density at radius 2 is 1.85 bits per heavy atom. The van der Waals surface area contributed by atoms with Gasteiger partial charge in [-0.05, 0) is 56.6 Å². The van der Waals surface area contributed by atoms with Gasteiger partial charge in [-0.3, -0.25) is 0 Å². The maximum Gasteiger partial charge on any atom is 0.161 e. The van der Waals surface area contributed by atoms with Crippen LogP contribution >= 0.6 is 0 Å². The van der Waals surface area contributed by atoms with Crippen molar-refractivity contribution in [3.8, 4) is 11.5 Å². The predicted octanol–water partition coefficient (Wildman–Crippen LogP) is 2.14. The standard InChI is InChI=1S/C16H26N2O2/c1-18(11-13-6-8-17-9-7-13)12-14-4-5-15(19-2)16(10-14)20-3/h4-5,10,13,17H,6-9,11-12H2,1-3H3. The van der Waals surface area contributed by atoms with E-state index in [1.165, 1.54) is 18.4 Å². The quantitative estimate of drug-likeness (QED) is 0.864. The van der Waals surface area contributed by atoms with Crippen molar-refractivity contribution in [1.82, 2.24) is 10.2 Å². The van der Waals surface area contributed by atoms with Gasteiger partial charge in [0.05, 0.1) is 14.2 Å². The van der Waals surface area contributed by atoms with Gasteiger partial charge in [-0.15, -0.1) is 0 Å². The zero-order valence-electron chi connectivity index (χ0n) is 12.8. The van der Waals surface area contributed by atoms with E-state index in [1.54, 1.807) is 14.2 Å². The molecule has 0 bridgehead atoms. The Morgan fingerprint density at radius 3 is 2.50 bits per heavy atom. The van der Waals surface area contributed by atoms with Crippen LogP contribution in [-0.4, -0.2) is 45.8 Å². The molecule has 20 heavy (non-hydrogen) atoms. The molecule has 1 aliphatic rings. The van der Waals surface area contributed by atoms with E-state index in [0.29, 0.717) is 0 Å². The van der Waals surface area contributed by atoms with Crippen molar-refractivity contribution in [1.29, 1.82) is 0 Å². The SMILES string of the molecule is COc1ccc(CN(C)CC2CCNCC2)cc1OC. The lowest BCUT2D eigenvalue weighted by atomic mass is 9.97. The maximum atomic E-state index is 5.36. The summed E-state index contributed by atoms with van der Waals surface area (Å²) < 4.78 is 10.6. The molecule has 112 valence electrons. The smallest absolute Gasteiger partial charge is 0.161 e. The minimum absolute atomic E-state index is 0.789. The van der Waals surface area contributed by atoms with Crippen molar-refractivity contribution >= 4 is 0 Å². The summed E-state index contributed by atoms with van der Waals surface area (Å²) in [5.41, 5.74) is 1.26. The van der Waals surface area contributed by atoms with E-state index in [2.05, 4.69) is 29.4 Å². The summed E-state index contributed by atoms with van der Waals surface area (Å²) in [6, 6.07) is 6.16. The van der Waals surface area contributed by atoms with Gasteiger partial charge in [0, 0.05) is 13.1 Å². The largest absolute Gasteiger partial charge is 0.493 e. The molecule has 0 saturated carbocycles. The molecule has 0 spiro atoms. The molecule has 1 saturated heterocycles. The minimum Gasteiger partial charge on any atom is -0.493 e. The monoisotopic (exact) mass is 278 g/mol. The Hall–Kier alpha value is -1.26. The molecule has 1 aliphatic heterocycles. The van der Waals surface area contributed by atoms with Crippen molar-refractivity contribution in [3.05, 3.63) is 23.8 Å². The third-order valence-corrected chi connectivity index (χ3v) is 3.93. The van der Waals surface area contributed by atoms with Crippen LogP contribution in [0.5, 0.6) is 11.5 Å². The fourth-order valence-corrected chi connectivity index (χ4v) is 2.86. The number of methoxy groups -OCH3 is 2. The normalized spacial score (nSPS) is 16.4. The number of ether oxygens (including phenoxy) is 2. The molecule has 0 aromatic heterocycles. The van der Waals surface area contributed by atoms with Crippen LogP contribution in [0.4, 0.5) is 0 Å². The number of nitrogens with zero attached hydrogens (tertiary/aromatic N) is 1. The Bertz CT molecular complexity index is 417. The van der Waals surface area contributed by atoms with Crippen LogP contribution in [0, 0.1) is 5.92 Å². The lowest BCUT2D eigenvalue weighted by molar-refractivity contribution is 0.234. The molecule has 4 nitrogen and oxygen atoms in total. The number of piperidine rings is 1. The molecule has 0 atom stereocenters. The number of hydrogen-bond donors (Lipinski definition) is 1. The summed E-state index contributed by atoms with van der Waals surface area (Å²) in [6.45, 7) is 4.43.